The van der Waals surface area contributed by atoms with Crippen molar-refractivity contribution in [2.24, 2.45) is 5.92 Å². The summed E-state index contributed by atoms with van der Waals surface area (Å²) in [5.74, 6) is 1.56. The molecule has 0 aromatic heterocycles. The van der Waals surface area contributed by atoms with Crippen LogP contribution in [-0.2, 0) is 5.88 Å². The van der Waals surface area contributed by atoms with Crippen molar-refractivity contribution in [2.75, 3.05) is 11.4 Å². The first-order valence-electron chi connectivity index (χ1n) is 7.21. The van der Waals surface area contributed by atoms with Crippen LogP contribution in [0.2, 0.25) is 0 Å². The van der Waals surface area contributed by atoms with E-state index in [1.807, 2.05) is 0 Å². The van der Waals surface area contributed by atoms with E-state index in [-0.39, 0.29) is 0 Å². The number of benzene rings is 1. The summed E-state index contributed by atoms with van der Waals surface area (Å²) in [7, 11) is 0. The number of hydrogen-bond acceptors (Lipinski definition) is 1. The normalized spacial score (nSPS) is 27.3. The Bertz CT molecular complexity index is 429. The number of piperidine rings is 1. The monoisotopic (exact) mass is 263 g/mol. The van der Waals surface area contributed by atoms with Crippen molar-refractivity contribution in [1.29, 1.82) is 0 Å². The maximum absolute atomic E-state index is 6.14. The number of anilines is 1. The summed E-state index contributed by atoms with van der Waals surface area (Å²) in [6.07, 6.45) is 7.00. The molecule has 1 nitrogen and oxygen atoms in total. The zero-order chi connectivity index (χ0) is 12.5. The molecule has 18 heavy (non-hydrogen) atoms. The summed E-state index contributed by atoms with van der Waals surface area (Å²) in [5.41, 5.74) is 4.02. The molecular weight excluding hydrogens is 242 g/mol. The van der Waals surface area contributed by atoms with Gasteiger partial charge in [-0.25, -0.2) is 0 Å². The first kappa shape index (κ1) is 12.3. The molecular formula is C16H22ClN. The summed E-state index contributed by atoms with van der Waals surface area (Å²) in [4.78, 5) is 2.65. The van der Waals surface area contributed by atoms with Crippen LogP contribution < -0.4 is 4.90 Å². The maximum Gasteiger partial charge on any atom is 0.0494 e. The van der Waals surface area contributed by atoms with Crippen LogP contribution >= 0.6 is 11.6 Å². The minimum Gasteiger partial charge on any atom is -0.368 e. The third kappa shape index (κ3) is 2.14. The Balaban J connectivity index is 1.93. The van der Waals surface area contributed by atoms with Gasteiger partial charge in [0.2, 0.25) is 0 Å². The molecule has 2 atom stereocenters. The summed E-state index contributed by atoms with van der Waals surface area (Å²) in [5, 5.41) is 0. The van der Waals surface area contributed by atoms with E-state index in [1.165, 1.54) is 55.5 Å². The van der Waals surface area contributed by atoms with Crippen molar-refractivity contribution >= 4 is 17.3 Å². The Hall–Kier alpha value is -0.690. The Morgan fingerprint density at radius 3 is 2.89 bits per heavy atom. The summed E-state index contributed by atoms with van der Waals surface area (Å²) in [6, 6.07) is 7.54. The lowest BCUT2D eigenvalue weighted by atomic mass is 9.91. The molecule has 1 saturated carbocycles. The van der Waals surface area contributed by atoms with Crippen molar-refractivity contribution < 1.29 is 0 Å². The molecule has 2 unspecified atom stereocenters. The fourth-order valence-corrected chi connectivity index (χ4v) is 4.07. The molecule has 1 aliphatic carbocycles. The molecule has 0 spiro atoms. The smallest absolute Gasteiger partial charge is 0.0494 e. The third-order valence-electron chi connectivity index (χ3n) is 4.68. The molecule has 0 N–H and O–H groups in total. The number of halogens is 1. The number of hydrogen-bond donors (Lipinski definition) is 0. The van der Waals surface area contributed by atoms with E-state index in [9.17, 15) is 0 Å². The molecule has 98 valence electrons. The molecule has 2 heteroatoms. The van der Waals surface area contributed by atoms with Crippen molar-refractivity contribution in [3.8, 4) is 0 Å². The van der Waals surface area contributed by atoms with E-state index >= 15 is 0 Å². The van der Waals surface area contributed by atoms with Crippen molar-refractivity contribution in [2.45, 2.75) is 50.9 Å². The average molecular weight is 264 g/mol. The molecule has 1 heterocycles. The van der Waals surface area contributed by atoms with E-state index in [4.69, 9.17) is 11.6 Å². The molecule has 1 aliphatic heterocycles. The van der Waals surface area contributed by atoms with Crippen LogP contribution in [0.25, 0.3) is 0 Å². The Labute approximate surface area is 115 Å². The highest BCUT2D eigenvalue weighted by Gasteiger charge is 2.35. The fraction of sp³-hybridized carbons (Fsp3) is 0.625. The van der Waals surface area contributed by atoms with Crippen LogP contribution in [0.1, 0.15) is 43.2 Å². The molecule has 1 saturated heterocycles. The summed E-state index contributed by atoms with van der Waals surface area (Å²) >= 11 is 6.14. The van der Waals surface area contributed by atoms with E-state index in [2.05, 4.69) is 30.0 Å². The second-order valence-electron chi connectivity index (χ2n) is 5.86. The molecule has 1 aromatic rings. The first-order valence-corrected chi connectivity index (χ1v) is 7.75. The van der Waals surface area contributed by atoms with Gasteiger partial charge in [0.05, 0.1) is 0 Å². The van der Waals surface area contributed by atoms with Gasteiger partial charge in [-0.2, -0.15) is 0 Å². The standard InChI is InChI=1S/C16H22ClN/c1-12-7-8-16(14(10-12)11-17)18-9-3-5-13-4-2-6-15(13)18/h7-8,10,13,15H,2-6,9,11H2,1H3. The van der Waals surface area contributed by atoms with Crippen LogP contribution in [0.4, 0.5) is 5.69 Å². The van der Waals surface area contributed by atoms with Gasteiger partial charge < -0.3 is 4.90 Å². The third-order valence-corrected chi connectivity index (χ3v) is 4.97. The zero-order valence-electron chi connectivity index (χ0n) is 11.2. The Morgan fingerprint density at radius 2 is 2.06 bits per heavy atom. The van der Waals surface area contributed by atoms with Crippen molar-refractivity contribution in [3.63, 3.8) is 0 Å². The molecule has 0 radical (unpaired) electrons. The number of fused-ring (bicyclic) bond motifs is 1. The highest BCUT2D eigenvalue weighted by molar-refractivity contribution is 6.17. The first-order chi connectivity index (χ1) is 8.79. The number of nitrogens with zero attached hydrogens (tertiary/aromatic N) is 1. The lowest BCUT2D eigenvalue weighted by Gasteiger charge is -2.40. The number of rotatable bonds is 2. The van der Waals surface area contributed by atoms with E-state index in [0.29, 0.717) is 5.88 Å². The lowest BCUT2D eigenvalue weighted by Crippen LogP contribution is -2.43. The van der Waals surface area contributed by atoms with Gasteiger partial charge in [-0.15, -0.1) is 11.6 Å². The second-order valence-corrected chi connectivity index (χ2v) is 6.13. The number of aryl methyl sites for hydroxylation is 1. The van der Waals surface area contributed by atoms with Crippen molar-refractivity contribution in [3.05, 3.63) is 29.3 Å². The quantitative estimate of drug-likeness (QED) is 0.710. The van der Waals surface area contributed by atoms with Gasteiger partial charge >= 0.3 is 0 Å². The molecule has 3 rings (SSSR count). The van der Waals surface area contributed by atoms with Gasteiger partial charge in [0.25, 0.3) is 0 Å². The van der Waals surface area contributed by atoms with Gasteiger partial charge in [-0.3, -0.25) is 0 Å². The Kier molecular flexibility index (Phi) is 3.52. The number of alkyl halides is 1. The van der Waals surface area contributed by atoms with Crippen LogP contribution in [-0.4, -0.2) is 12.6 Å². The molecule has 0 amide bonds. The molecule has 2 fully saturated rings. The SMILES string of the molecule is Cc1ccc(N2CCCC3CCCC32)c(CCl)c1. The van der Waals surface area contributed by atoms with Crippen LogP contribution in [0.5, 0.6) is 0 Å². The fourth-order valence-electron chi connectivity index (χ4n) is 3.85. The lowest BCUT2D eigenvalue weighted by molar-refractivity contribution is 0.362. The molecule has 1 aromatic carbocycles. The zero-order valence-corrected chi connectivity index (χ0v) is 11.9. The van der Waals surface area contributed by atoms with Crippen LogP contribution in [0.15, 0.2) is 18.2 Å². The molecule has 2 aliphatic rings. The van der Waals surface area contributed by atoms with E-state index in [1.54, 1.807) is 0 Å². The summed E-state index contributed by atoms with van der Waals surface area (Å²) in [6.45, 7) is 3.36. The van der Waals surface area contributed by atoms with Crippen molar-refractivity contribution in [1.82, 2.24) is 0 Å². The molecule has 0 bridgehead atoms. The highest BCUT2D eigenvalue weighted by Crippen LogP contribution is 2.40. The van der Waals surface area contributed by atoms with Crippen LogP contribution in [0.3, 0.4) is 0 Å². The largest absolute Gasteiger partial charge is 0.368 e. The highest BCUT2D eigenvalue weighted by atomic mass is 35.5. The van der Waals surface area contributed by atoms with Gasteiger partial charge in [0, 0.05) is 24.2 Å². The van der Waals surface area contributed by atoms with Gasteiger partial charge in [0.15, 0.2) is 0 Å². The minimum absolute atomic E-state index is 0.630. The van der Waals surface area contributed by atoms with E-state index in [0.717, 1.165) is 12.0 Å². The van der Waals surface area contributed by atoms with E-state index < -0.39 is 0 Å². The van der Waals surface area contributed by atoms with Gasteiger partial charge in [-0.1, -0.05) is 24.1 Å². The topological polar surface area (TPSA) is 3.24 Å². The summed E-state index contributed by atoms with van der Waals surface area (Å²) < 4.78 is 0. The average Bonchev–Trinajstić information content (AvgIpc) is 2.86. The predicted molar refractivity (Wildman–Crippen MR) is 78.4 cm³/mol. The van der Waals surface area contributed by atoms with Gasteiger partial charge in [-0.05, 0) is 50.2 Å². The maximum atomic E-state index is 6.14. The minimum atomic E-state index is 0.630. The predicted octanol–water partition coefficient (Wildman–Crippen LogP) is 4.50. The van der Waals surface area contributed by atoms with Gasteiger partial charge in [0.1, 0.15) is 0 Å². The van der Waals surface area contributed by atoms with Crippen LogP contribution in [0, 0.1) is 12.8 Å². The second kappa shape index (κ2) is 5.13. The Morgan fingerprint density at radius 1 is 1.22 bits per heavy atom.